The van der Waals surface area contributed by atoms with E-state index in [4.69, 9.17) is 11.6 Å². The molecule has 0 radical (unpaired) electrons. The maximum atomic E-state index is 14.0. The SMILES string of the molecule is CC(C)C[C@@H](NC(=O)C1CCN(Cc2c(F)cccc2Cl)CC1)c1ccccc1. The summed E-state index contributed by atoms with van der Waals surface area (Å²) < 4.78 is 14.0. The second-order valence-corrected chi connectivity index (χ2v) is 8.76. The molecule has 156 valence electrons. The number of nitrogens with one attached hydrogen (secondary N) is 1. The molecule has 0 bridgehead atoms. The van der Waals surface area contributed by atoms with Crippen molar-refractivity contribution in [3.8, 4) is 0 Å². The Labute approximate surface area is 178 Å². The van der Waals surface area contributed by atoms with Gasteiger partial charge >= 0.3 is 0 Å². The number of hydrogen-bond donors (Lipinski definition) is 1. The average molecular weight is 417 g/mol. The number of hydrogen-bond acceptors (Lipinski definition) is 2. The van der Waals surface area contributed by atoms with E-state index in [1.165, 1.54) is 6.07 Å². The van der Waals surface area contributed by atoms with Gasteiger partial charge in [-0.3, -0.25) is 9.69 Å². The Bertz CT molecular complexity index is 784. The molecule has 3 rings (SSSR count). The van der Waals surface area contributed by atoms with Gasteiger partial charge in [0.2, 0.25) is 5.91 Å². The summed E-state index contributed by atoms with van der Waals surface area (Å²) in [6.45, 7) is 6.37. The number of carbonyl (C=O) groups is 1. The summed E-state index contributed by atoms with van der Waals surface area (Å²) in [7, 11) is 0. The lowest BCUT2D eigenvalue weighted by Gasteiger charge is -2.32. The van der Waals surface area contributed by atoms with Gasteiger partial charge < -0.3 is 5.32 Å². The normalized spacial score (nSPS) is 16.7. The van der Waals surface area contributed by atoms with Crippen LogP contribution in [0.25, 0.3) is 0 Å². The van der Waals surface area contributed by atoms with Crippen LogP contribution in [0.15, 0.2) is 48.5 Å². The maximum Gasteiger partial charge on any atom is 0.223 e. The number of benzene rings is 2. The van der Waals surface area contributed by atoms with E-state index in [2.05, 4.69) is 36.2 Å². The highest BCUT2D eigenvalue weighted by Gasteiger charge is 2.27. The van der Waals surface area contributed by atoms with Crippen LogP contribution in [0.3, 0.4) is 0 Å². The van der Waals surface area contributed by atoms with E-state index in [1.54, 1.807) is 12.1 Å². The van der Waals surface area contributed by atoms with Crippen LogP contribution < -0.4 is 5.32 Å². The van der Waals surface area contributed by atoms with Crippen molar-refractivity contribution in [3.63, 3.8) is 0 Å². The van der Waals surface area contributed by atoms with E-state index in [0.717, 1.165) is 37.9 Å². The number of likely N-dealkylation sites (tertiary alicyclic amines) is 1. The van der Waals surface area contributed by atoms with Crippen molar-refractivity contribution < 1.29 is 9.18 Å². The largest absolute Gasteiger partial charge is 0.349 e. The van der Waals surface area contributed by atoms with Gasteiger partial charge in [0.05, 0.1) is 6.04 Å². The Hall–Kier alpha value is -1.91. The fourth-order valence-electron chi connectivity index (χ4n) is 3.98. The van der Waals surface area contributed by atoms with Crippen LogP contribution in [0.4, 0.5) is 4.39 Å². The highest BCUT2D eigenvalue weighted by Crippen LogP contribution is 2.26. The predicted molar refractivity (Wildman–Crippen MR) is 116 cm³/mol. The maximum absolute atomic E-state index is 14.0. The summed E-state index contributed by atoms with van der Waals surface area (Å²) in [6.07, 6.45) is 2.47. The van der Waals surface area contributed by atoms with Gasteiger partial charge in [-0.2, -0.15) is 0 Å². The number of rotatable bonds is 7. The fourth-order valence-corrected chi connectivity index (χ4v) is 4.21. The van der Waals surface area contributed by atoms with Gasteiger partial charge in [0.1, 0.15) is 5.82 Å². The summed E-state index contributed by atoms with van der Waals surface area (Å²) in [5.41, 5.74) is 1.69. The number of piperidine rings is 1. The van der Waals surface area contributed by atoms with Crippen LogP contribution in [0.1, 0.15) is 50.3 Å². The highest BCUT2D eigenvalue weighted by atomic mass is 35.5. The van der Waals surface area contributed by atoms with Crippen molar-refractivity contribution in [2.45, 2.75) is 45.7 Å². The van der Waals surface area contributed by atoms with Gasteiger partial charge in [-0.15, -0.1) is 0 Å². The molecule has 2 aromatic rings. The average Bonchev–Trinajstić information content (AvgIpc) is 2.71. The number of nitrogens with zero attached hydrogens (tertiary/aromatic N) is 1. The molecule has 2 aromatic carbocycles. The summed E-state index contributed by atoms with van der Waals surface area (Å²) >= 11 is 6.15. The van der Waals surface area contributed by atoms with Crippen molar-refractivity contribution in [2.24, 2.45) is 11.8 Å². The first-order chi connectivity index (χ1) is 13.9. The van der Waals surface area contributed by atoms with E-state index in [0.29, 0.717) is 23.0 Å². The third-order valence-electron chi connectivity index (χ3n) is 5.63. The zero-order chi connectivity index (χ0) is 20.8. The molecule has 1 N–H and O–H groups in total. The standard InChI is InChI=1S/C24H30ClFN2O/c1-17(2)15-23(18-7-4-3-5-8-18)27-24(29)19-11-13-28(14-12-19)16-20-21(25)9-6-10-22(20)26/h3-10,17,19,23H,11-16H2,1-2H3,(H,27,29)/t23-/m1/s1. The molecule has 0 saturated carbocycles. The Kier molecular flexibility index (Phi) is 7.68. The Morgan fingerprint density at radius 2 is 1.83 bits per heavy atom. The van der Waals surface area contributed by atoms with Crippen LogP contribution in [0.5, 0.6) is 0 Å². The molecule has 0 aliphatic carbocycles. The van der Waals surface area contributed by atoms with E-state index < -0.39 is 0 Å². The summed E-state index contributed by atoms with van der Waals surface area (Å²) in [4.78, 5) is 15.1. The molecule has 1 amide bonds. The summed E-state index contributed by atoms with van der Waals surface area (Å²) in [5.74, 6) is 0.355. The molecule has 5 heteroatoms. The molecular weight excluding hydrogens is 387 g/mol. The molecule has 1 saturated heterocycles. The first kappa shape index (κ1) is 21.8. The van der Waals surface area contributed by atoms with Gasteiger partial charge in [0.25, 0.3) is 0 Å². The minimum absolute atomic E-state index is 0.000664. The molecule has 1 atom stereocenters. The molecule has 1 aliphatic rings. The predicted octanol–water partition coefficient (Wildman–Crippen LogP) is 5.59. The lowest BCUT2D eigenvalue weighted by atomic mass is 9.92. The molecule has 1 heterocycles. The van der Waals surface area contributed by atoms with Crippen molar-refractivity contribution in [1.29, 1.82) is 0 Å². The van der Waals surface area contributed by atoms with Gasteiger partial charge in [-0.25, -0.2) is 4.39 Å². The van der Waals surface area contributed by atoms with Gasteiger partial charge in [-0.05, 0) is 56.0 Å². The molecule has 1 fully saturated rings. The van der Waals surface area contributed by atoms with Crippen LogP contribution in [0.2, 0.25) is 5.02 Å². The molecule has 0 unspecified atom stereocenters. The number of halogens is 2. The Balaban J connectivity index is 1.56. The van der Waals surface area contributed by atoms with Crippen LogP contribution in [0, 0.1) is 17.7 Å². The second-order valence-electron chi connectivity index (χ2n) is 8.35. The van der Waals surface area contributed by atoms with Crippen molar-refractivity contribution in [3.05, 3.63) is 70.5 Å². The first-order valence-electron chi connectivity index (χ1n) is 10.4. The fraction of sp³-hybridized carbons (Fsp3) is 0.458. The van der Waals surface area contributed by atoms with Crippen LogP contribution in [-0.2, 0) is 11.3 Å². The number of carbonyl (C=O) groups excluding carboxylic acids is 1. The topological polar surface area (TPSA) is 32.3 Å². The van der Waals surface area contributed by atoms with Crippen LogP contribution in [-0.4, -0.2) is 23.9 Å². The third kappa shape index (κ3) is 6.03. The first-order valence-corrected chi connectivity index (χ1v) is 10.8. The second kappa shape index (κ2) is 10.2. The van der Waals surface area contributed by atoms with E-state index in [-0.39, 0.29) is 23.7 Å². The van der Waals surface area contributed by atoms with E-state index >= 15 is 0 Å². The zero-order valence-corrected chi connectivity index (χ0v) is 18.0. The summed E-state index contributed by atoms with van der Waals surface area (Å²) in [6, 6.07) is 15.0. The molecule has 1 aliphatic heterocycles. The van der Waals surface area contributed by atoms with Gasteiger partial charge in [0, 0.05) is 23.0 Å². The van der Waals surface area contributed by atoms with Gasteiger partial charge in [0.15, 0.2) is 0 Å². The highest BCUT2D eigenvalue weighted by molar-refractivity contribution is 6.31. The van der Waals surface area contributed by atoms with Crippen molar-refractivity contribution in [2.75, 3.05) is 13.1 Å². The van der Waals surface area contributed by atoms with Crippen LogP contribution >= 0.6 is 11.6 Å². The quantitative estimate of drug-likeness (QED) is 0.637. The Morgan fingerprint density at radius 3 is 2.45 bits per heavy atom. The minimum atomic E-state index is -0.267. The van der Waals surface area contributed by atoms with E-state index in [9.17, 15) is 9.18 Å². The molecule has 3 nitrogen and oxygen atoms in total. The monoisotopic (exact) mass is 416 g/mol. The van der Waals surface area contributed by atoms with Crippen molar-refractivity contribution >= 4 is 17.5 Å². The van der Waals surface area contributed by atoms with E-state index in [1.807, 2.05) is 18.2 Å². The lowest BCUT2D eigenvalue weighted by Crippen LogP contribution is -2.41. The zero-order valence-electron chi connectivity index (χ0n) is 17.2. The van der Waals surface area contributed by atoms with Crippen molar-refractivity contribution in [1.82, 2.24) is 10.2 Å². The molecular formula is C24H30ClFN2O. The van der Waals surface area contributed by atoms with Gasteiger partial charge in [-0.1, -0.05) is 61.8 Å². The minimum Gasteiger partial charge on any atom is -0.349 e. The molecule has 0 spiro atoms. The Morgan fingerprint density at radius 1 is 1.14 bits per heavy atom. The molecule has 0 aromatic heterocycles. The smallest absolute Gasteiger partial charge is 0.223 e. The summed E-state index contributed by atoms with van der Waals surface area (Å²) in [5, 5.41) is 3.74. The lowest BCUT2D eigenvalue weighted by molar-refractivity contribution is -0.127. The molecule has 29 heavy (non-hydrogen) atoms. The number of amides is 1. The third-order valence-corrected chi connectivity index (χ3v) is 5.98.